The third-order valence-corrected chi connectivity index (χ3v) is 4.34. The highest BCUT2D eigenvalue weighted by Crippen LogP contribution is 2.29. The van der Waals surface area contributed by atoms with Crippen LogP contribution in [-0.4, -0.2) is 48.5 Å². The first kappa shape index (κ1) is 18.6. The Balaban J connectivity index is 1.98. The fraction of sp³-hybridized carbons (Fsp3) is 0.444. The van der Waals surface area contributed by atoms with Gasteiger partial charge in [0.15, 0.2) is 11.5 Å². The molecule has 25 heavy (non-hydrogen) atoms. The van der Waals surface area contributed by atoms with Crippen LogP contribution in [0.2, 0.25) is 0 Å². The van der Waals surface area contributed by atoms with Crippen molar-refractivity contribution in [1.82, 2.24) is 14.7 Å². The number of benzene rings is 1. The van der Waals surface area contributed by atoms with Gasteiger partial charge in [-0.15, -0.1) is 0 Å². The van der Waals surface area contributed by atoms with Crippen LogP contribution in [0.25, 0.3) is 0 Å². The Hall–Kier alpha value is -2.70. The molecule has 0 bridgehead atoms. The molecular formula is C18H26N4O3. The number of hydrogen-bond donors (Lipinski definition) is 1. The second-order valence-corrected chi connectivity index (χ2v) is 5.94. The second kappa shape index (κ2) is 7.92. The topological polar surface area (TPSA) is 68.6 Å². The number of aromatic nitrogens is 2. The zero-order valence-electron chi connectivity index (χ0n) is 15.7. The molecule has 136 valence electrons. The van der Waals surface area contributed by atoms with Crippen LogP contribution in [0.15, 0.2) is 18.2 Å². The highest BCUT2D eigenvalue weighted by atomic mass is 16.5. The number of urea groups is 1. The Morgan fingerprint density at radius 3 is 2.48 bits per heavy atom. The van der Waals surface area contributed by atoms with E-state index in [0.717, 1.165) is 17.8 Å². The molecule has 7 nitrogen and oxygen atoms in total. The molecule has 0 spiro atoms. The zero-order chi connectivity index (χ0) is 18.6. The van der Waals surface area contributed by atoms with Crippen LogP contribution in [0, 0.1) is 13.8 Å². The molecule has 1 heterocycles. The SMILES string of the molecule is COc1ccc(NC(=O)N(C)CCc2c(C)nn(C)c2C)cc1OC. The minimum atomic E-state index is -0.175. The number of carbonyl (C=O) groups excluding carboxylic acids is 1. The molecule has 1 N–H and O–H groups in total. The Morgan fingerprint density at radius 2 is 1.92 bits per heavy atom. The molecule has 2 aromatic rings. The van der Waals surface area contributed by atoms with Crippen molar-refractivity contribution in [3.05, 3.63) is 35.2 Å². The van der Waals surface area contributed by atoms with E-state index in [0.29, 0.717) is 23.7 Å². The average molecular weight is 346 g/mol. The summed E-state index contributed by atoms with van der Waals surface area (Å²) in [5.41, 5.74) is 3.98. The highest BCUT2D eigenvalue weighted by molar-refractivity contribution is 5.89. The van der Waals surface area contributed by atoms with Gasteiger partial charge in [0.05, 0.1) is 19.9 Å². The van der Waals surface area contributed by atoms with Gasteiger partial charge in [-0.3, -0.25) is 4.68 Å². The van der Waals surface area contributed by atoms with Crippen LogP contribution >= 0.6 is 0 Å². The van der Waals surface area contributed by atoms with Gasteiger partial charge in [0.1, 0.15) is 0 Å². The number of methoxy groups -OCH3 is 2. The fourth-order valence-electron chi connectivity index (χ4n) is 2.69. The highest BCUT2D eigenvalue weighted by Gasteiger charge is 2.14. The maximum Gasteiger partial charge on any atom is 0.321 e. The first-order valence-electron chi connectivity index (χ1n) is 8.10. The number of carbonyl (C=O) groups is 1. The lowest BCUT2D eigenvalue weighted by Crippen LogP contribution is -2.33. The lowest BCUT2D eigenvalue weighted by Gasteiger charge is -2.18. The number of likely N-dealkylation sites (N-methyl/N-ethyl adjacent to an activating group) is 1. The minimum Gasteiger partial charge on any atom is -0.493 e. The molecule has 1 aromatic carbocycles. The molecule has 2 amide bonds. The van der Waals surface area contributed by atoms with E-state index >= 15 is 0 Å². The van der Waals surface area contributed by atoms with Crippen molar-refractivity contribution in [2.45, 2.75) is 20.3 Å². The van der Waals surface area contributed by atoms with Gasteiger partial charge in [-0.25, -0.2) is 4.79 Å². The Kier molecular flexibility index (Phi) is 5.90. The third-order valence-electron chi connectivity index (χ3n) is 4.34. The van der Waals surface area contributed by atoms with Crippen LogP contribution in [0.1, 0.15) is 17.0 Å². The Labute approximate surface area is 148 Å². The molecule has 0 fully saturated rings. The summed E-state index contributed by atoms with van der Waals surface area (Å²) in [5.74, 6) is 1.20. The third kappa shape index (κ3) is 4.23. The summed E-state index contributed by atoms with van der Waals surface area (Å²) < 4.78 is 12.3. The number of nitrogens with one attached hydrogen (secondary N) is 1. The maximum atomic E-state index is 12.4. The van der Waals surface area contributed by atoms with E-state index in [9.17, 15) is 4.79 Å². The van der Waals surface area contributed by atoms with Crippen LogP contribution < -0.4 is 14.8 Å². The van der Waals surface area contributed by atoms with Gasteiger partial charge >= 0.3 is 6.03 Å². The molecule has 0 aliphatic carbocycles. The second-order valence-electron chi connectivity index (χ2n) is 5.94. The Bertz CT molecular complexity index is 755. The zero-order valence-corrected chi connectivity index (χ0v) is 15.7. The van der Waals surface area contributed by atoms with Crippen LogP contribution in [0.4, 0.5) is 10.5 Å². The molecule has 0 radical (unpaired) electrons. The first-order chi connectivity index (χ1) is 11.9. The molecule has 0 aliphatic rings. The fourth-order valence-corrected chi connectivity index (χ4v) is 2.69. The molecule has 0 aliphatic heterocycles. The molecule has 0 saturated heterocycles. The summed E-state index contributed by atoms with van der Waals surface area (Å²) in [6, 6.07) is 5.10. The predicted molar refractivity (Wildman–Crippen MR) is 97.6 cm³/mol. The van der Waals surface area contributed by atoms with E-state index in [1.165, 1.54) is 5.56 Å². The monoisotopic (exact) mass is 346 g/mol. The number of nitrogens with zero attached hydrogens (tertiary/aromatic N) is 3. The summed E-state index contributed by atoms with van der Waals surface area (Å²) in [4.78, 5) is 14.0. The van der Waals surface area contributed by atoms with E-state index in [2.05, 4.69) is 10.4 Å². The minimum absolute atomic E-state index is 0.175. The van der Waals surface area contributed by atoms with Gasteiger partial charge in [0.25, 0.3) is 0 Å². The molecule has 1 aromatic heterocycles. The molecule has 7 heteroatoms. The summed E-state index contributed by atoms with van der Waals surface area (Å²) in [5, 5.41) is 7.28. The van der Waals surface area contributed by atoms with E-state index < -0.39 is 0 Å². The molecule has 0 atom stereocenters. The van der Waals surface area contributed by atoms with E-state index in [1.54, 1.807) is 44.4 Å². The van der Waals surface area contributed by atoms with Gasteiger partial charge in [-0.05, 0) is 38.0 Å². The van der Waals surface area contributed by atoms with Gasteiger partial charge in [-0.1, -0.05) is 0 Å². The predicted octanol–water partition coefficient (Wildman–Crippen LogP) is 2.76. The summed E-state index contributed by atoms with van der Waals surface area (Å²) in [7, 11) is 6.84. The number of hydrogen-bond acceptors (Lipinski definition) is 4. The number of amides is 2. The van der Waals surface area contributed by atoms with E-state index in [-0.39, 0.29) is 6.03 Å². The lowest BCUT2D eigenvalue weighted by molar-refractivity contribution is 0.223. The number of rotatable bonds is 6. The number of ether oxygens (including phenoxy) is 2. The van der Waals surface area contributed by atoms with Crippen LogP contribution in [0.3, 0.4) is 0 Å². The molecule has 0 unspecified atom stereocenters. The van der Waals surface area contributed by atoms with E-state index in [4.69, 9.17) is 9.47 Å². The van der Waals surface area contributed by atoms with Crippen molar-refractivity contribution in [3.63, 3.8) is 0 Å². The largest absolute Gasteiger partial charge is 0.493 e. The standard InChI is InChI=1S/C18H26N4O3/c1-12-15(13(2)22(4)20-12)9-10-21(3)18(23)19-14-7-8-16(24-5)17(11-14)25-6/h7-8,11H,9-10H2,1-6H3,(H,19,23). The van der Waals surface area contributed by atoms with Crippen molar-refractivity contribution >= 4 is 11.7 Å². The van der Waals surface area contributed by atoms with Gasteiger partial charge in [0, 0.05) is 38.1 Å². The number of anilines is 1. The summed E-state index contributed by atoms with van der Waals surface area (Å²) in [6.07, 6.45) is 0.765. The van der Waals surface area contributed by atoms with Crippen molar-refractivity contribution in [2.24, 2.45) is 7.05 Å². The van der Waals surface area contributed by atoms with Crippen LogP contribution in [-0.2, 0) is 13.5 Å². The van der Waals surface area contributed by atoms with Gasteiger partial charge in [-0.2, -0.15) is 5.10 Å². The van der Waals surface area contributed by atoms with Crippen molar-refractivity contribution in [3.8, 4) is 11.5 Å². The van der Waals surface area contributed by atoms with Crippen molar-refractivity contribution < 1.29 is 14.3 Å². The quantitative estimate of drug-likeness (QED) is 0.873. The van der Waals surface area contributed by atoms with Gasteiger partial charge in [0.2, 0.25) is 0 Å². The van der Waals surface area contributed by atoms with Crippen LogP contribution in [0.5, 0.6) is 11.5 Å². The Morgan fingerprint density at radius 1 is 1.24 bits per heavy atom. The first-order valence-corrected chi connectivity index (χ1v) is 8.10. The molecule has 2 rings (SSSR count). The van der Waals surface area contributed by atoms with Crippen molar-refractivity contribution in [1.29, 1.82) is 0 Å². The average Bonchev–Trinajstić information content (AvgIpc) is 2.84. The maximum absolute atomic E-state index is 12.4. The van der Waals surface area contributed by atoms with E-state index in [1.807, 2.05) is 25.6 Å². The number of aryl methyl sites for hydroxylation is 2. The molecular weight excluding hydrogens is 320 g/mol. The van der Waals surface area contributed by atoms with Gasteiger partial charge < -0.3 is 19.7 Å². The smallest absolute Gasteiger partial charge is 0.321 e. The summed E-state index contributed by atoms with van der Waals surface area (Å²) in [6.45, 7) is 4.64. The normalized spacial score (nSPS) is 10.5. The van der Waals surface area contributed by atoms with Crippen molar-refractivity contribution in [2.75, 3.05) is 33.1 Å². The summed E-state index contributed by atoms with van der Waals surface area (Å²) >= 11 is 0. The molecule has 0 saturated carbocycles. The lowest BCUT2D eigenvalue weighted by atomic mass is 10.1.